The summed E-state index contributed by atoms with van der Waals surface area (Å²) in [6.45, 7) is 8.63. The van der Waals surface area contributed by atoms with Gasteiger partial charge >= 0.3 is 0 Å². The molecule has 0 amide bonds. The smallest absolute Gasteiger partial charge is 0.185 e. The zero-order valence-electron chi connectivity index (χ0n) is 15.2. The van der Waals surface area contributed by atoms with E-state index in [1.165, 1.54) is 18.2 Å². The molecule has 0 spiro atoms. The van der Waals surface area contributed by atoms with Gasteiger partial charge in [0.05, 0.1) is 18.8 Å². The molecular formula is C22H24O4. The molecule has 0 aliphatic rings. The average Bonchev–Trinajstić information content (AvgIpc) is 2.64. The van der Waals surface area contributed by atoms with E-state index in [4.69, 9.17) is 9.47 Å². The van der Waals surface area contributed by atoms with Gasteiger partial charge in [0.2, 0.25) is 0 Å². The summed E-state index contributed by atoms with van der Waals surface area (Å²) >= 11 is 0. The van der Waals surface area contributed by atoms with Crippen LogP contribution in [0, 0.1) is 0 Å². The van der Waals surface area contributed by atoms with Crippen molar-refractivity contribution in [1.29, 1.82) is 0 Å². The number of ketones is 1. The number of phenols is 1. The number of hydrogen-bond donors (Lipinski definition) is 1. The van der Waals surface area contributed by atoms with E-state index in [1.807, 2.05) is 32.1 Å². The van der Waals surface area contributed by atoms with E-state index in [-0.39, 0.29) is 11.5 Å². The predicted molar refractivity (Wildman–Crippen MR) is 104 cm³/mol. The second kappa shape index (κ2) is 9.47. The van der Waals surface area contributed by atoms with E-state index >= 15 is 0 Å². The molecule has 0 saturated heterocycles. The number of aromatic hydroxyl groups is 1. The van der Waals surface area contributed by atoms with Crippen molar-refractivity contribution in [2.45, 2.75) is 20.3 Å². The Morgan fingerprint density at radius 1 is 1.08 bits per heavy atom. The number of rotatable bonds is 9. The average molecular weight is 352 g/mol. The second-order valence-corrected chi connectivity index (χ2v) is 5.57. The van der Waals surface area contributed by atoms with Crippen molar-refractivity contribution < 1.29 is 19.4 Å². The maximum atomic E-state index is 12.4. The van der Waals surface area contributed by atoms with Crippen LogP contribution in [0.25, 0.3) is 6.08 Å². The Balaban J connectivity index is 2.43. The number of carbonyl (C=O) groups is 1. The van der Waals surface area contributed by atoms with Gasteiger partial charge in [-0.05, 0) is 68.3 Å². The van der Waals surface area contributed by atoms with E-state index < -0.39 is 0 Å². The van der Waals surface area contributed by atoms with E-state index in [0.717, 1.165) is 11.1 Å². The first-order valence-corrected chi connectivity index (χ1v) is 8.64. The first kappa shape index (κ1) is 19.3. The topological polar surface area (TPSA) is 55.8 Å². The number of phenolic OH excluding ortho intramolecular Hbond substituents is 1. The molecule has 1 N–H and O–H groups in total. The summed E-state index contributed by atoms with van der Waals surface area (Å²) in [7, 11) is 0. The zero-order chi connectivity index (χ0) is 18.9. The molecular weight excluding hydrogens is 328 g/mol. The highest BCUT2D eigenvalue weighted by Gasteiger charge is 2.14. The van der Waals surface area contributed by atoms with Crippen LogP contribution in [-0.4, -0.2) is 24.1 Å². The fraction of sp³-hybridized carbons (Fsp3) is 0.227. The third kappa shape index (κ3) is 4.76. The van der Waals surface area contributed by atoms with Gasteiger partial charge in [0.25, 0.3) is 0 Å². The Kier molecular flexibility index (Phi) is 7.03. The van der Waals surface area contributed by atoms with Crippen molar-refractivity contribution in [2.24, 2.45) is 0 Å². The molecule has 2 aromatic carbocycles. The minimum Gasteiger partial charge on any atom is -0.508 e. The van der Waals surface area contributed by atoms with Crippen LogP contribution in [0.15, 0.2) is 55.1 Å². The molecule has 136 valence electrons. The van der Waals surface area contributed by atoms with E-state index in [2.05, 4.69) is 6.58 Å². The molecule has 0 aliphatic heterocycles. The Morgan fingerprint density at radius 2 is 1.77 bits per heavy atom. The van der Waals surface area contributed by atoms with Crippen molar-refractivity contribution in [2.75, 3.05) is 13.2 Å². The van der Waals surface area contributed by atoms with Gasteiger partial charge in [-0.25, -0.2) is 0 Å². The summed E-state index contributed by atoms with van der Waals surface area (Å²) in [5.41, 5.74) is 2.22. The highest BCUT2D eigenvalue weighted by atomic mass is 16.5. The molecule has 0 saturated carbocycles. The molecule has 0 heterocycles. The lowest BCUT2D eigenvalue weighted by atomic mass is 10.0. The van der Waals surface area contributed by atoms with Gasteiger partial charge in [-0.2, -0.15) is 0 Å². The lowest BCUT2D eigenvalue weighted by Crippen LogP contribution is -2.03. The Morgan fingerprint density at radius 3 is 2.38 bits per heavy atom. The number of carbonyl (C=O) groups excluding carboxylic acids is 1. The molecule has 2 aromatic rings. The molecule has 0 radical (unpaired) electrons. The van der Waals surface area contributed by atoms with Crippen molar-refractivity contribution in [3.05, 3.63) is 71.8 Å². The largest absolute Gasteiger partial charge is 0.508 e. The number of hydrogen-bond acceptors (Lipinski definition) is 4. The molecule has 2 rings (SSSR count). The molecule has 26 heavy (non-hydrogen) atoms. The van der Waals surface area contributed by atoms with Gasteiger partial charge in [-0.1, -0.05) is 12.1 Å². The van der Waals surface area contributed by atoms with Gasteiger partial charge in [-0.3, -0.25) is 4.79 Å². The van der Waals surface area contributed by atoms with Crippen molar-refractivity contribution >= 4 is 11.9 Å². The fourth-order valence-electron chi connectivity index (χ4n) is 2.58. The standard InChI is InChI=1S/C22H24O4/c1-4-7-17-10-15-21(25-5-2)19(22(17)26-6-3)13-14-20(24)16-8-11-18(23)12-9-16/h4,8-15,23H,1,5-7H2,2-3H3/b14-13+. The summed E-state index contributed by atoms with van der Waals surface area (Å²) in [5, 5.41) is 9.35. The van der Waals surface area contributed by atoms with Crippen molar-refractivity contribution in [3.8, 4) is 17.2 Å². The van der Waals surface area contributed by atoms with Crippen molar-refractivity contribution in [1.82, 2.24) is 0 Å². The molecule has 0 atom stereocenters. The van der Waals surface area contributed by atoms with Crippen LogP contribution in [0.1, 0.15) is 35.3 Å². The minimum atomic E-state index is -0.163. The van der Waals surface area contributed by atoms with Crippen LogP contribution in [0.5, 0.6) is 17.2 Å². The maximum absolute atomic E-state index is 12.4. The Hall–Kier alpha value is -3.01. The Bertz CT molecular complexity index is 789. The van der Waals surface area contributed by atoms with Crippen LogP contribution in [0.3, 0.4) is 0 Å². The summed E-state index contributed by atoms with van der Waals surface area (Å²) in [6, 6.07) is 9.99. The molecule has 0 aromatic heterocycles. The SMILES string of the molecule is C=CCc1ccc(OCC)c(/C=C/C(=O)c2ccc(O)cc2)c1OCC. The lowest BCUT2D eigenvalue weighted by Gasteiger charge is -2.16. The molecule has 4 nitrogen and oxygen atoms in total. The quantitative estimate of drug-likeness (QED) is 0.399. The van der Waals surface area contributed by atoms with Crippen LogP contribution in [-0.2, 0) is 6.42 Å². The van der Waals surface area contributed by atoms with Gasteiger partial charge in [0.1, 0.15) is 17.2 Å². The molecule has 0 unspecified atom stereocenters. The summed E-state index contributed by atoms with van der Waals surface area (Å²) < 4.78 is 11.5. The number of allylic oxidation sites excluding steroid dienone is 2. The Labute approximate surface area is 154 Å². The fourth-order valence-corrected chi connectivity index (χ4v) is 2.58. The highest BCUT2D eigenvalue weighted by Crippen LogP contribution is 2.34. The predicted octanol–water partition coefficient (Wildman–Crippen LogP) is 4.81. The summed E-state index contributed by atoms with van der Waals surface area (Å²) in [4.78, 5) is 12.4. The molecule has 0 bridgehead atoms. The van der Waals surface area contributed by atoms with E-state index in [0.29, 0.717) is 36.7 Å². The number of ether oxygens (including phenoxy) is 2. The molecule has 0 aliphatic carbocycles. The third-order valence-electron chi connectivity index (χ3n) is 3.74. The van der Waals surface area contributed by atoms with E-state index in [9.17, 15) is 9.90 Å². The van der Waals surface area contributed by atoms with Crippen LogP contribution >= 0.6 is 0 Å². The number of benzene rings is 2. The first-order chi connectivity index (χ1) is 12.6. The van der Waals surface area contributed by atoms with Crippen LogP contribution in [0.2, 0.25) is 0 Å². The third-order valence-corrected chi connectivity index (χ3v) is 3.74. The van der Waals surface area contributed by atoms with E-state index in [1.54, 1.807) is 18.2 Å². The summed E-state index contributed by atoms with van der Waals surface area (Å²) in [6.07, 6.45) is 5.68. The maximum Gasteiger partial charge on any atom is 0.185 e. The van der Waals surface area contributed by atoms with Gasteiger partial charge in [0, 0.05) is 5.56 Å². The lowest BCUT2D eigenvalue weighted by molar-refractivity contribution is 0.104. The first-order valence-electron chi connectivity index (χ1n) is 8.64. The highest BCUT2D eigenvalue weighted by molar-refractivity contribution is 6.07. The van der Waals surface area contributed by atoms with Crippen LogP contribution in [0.4, 0.5) is 0 Å². The zero-order valence-corrected chi connectivity index (χ0v) is 15.2. The second-order valence-electron chi connectivity index (χ2n) is 5.57. The summed E-state index contributed by atoms with van der Waals surface area (Å²) in [5.74, 6) is 1.33. The molecule has 0 fully saturated rings. The minimum absolute atomic E-state index is 0.125. The monoisotopic (exact) mass is 352 g/mol. The van der Waals surface area contributed by atoms with Crippen molar-refractivity contribution in [3.63, 3.8) is 0 Å². The van der Waals surface area contributed by atoms with Gasteiger partial charge in [0.15, 0.2) is 5.78 Å². The molecule has 4 heteroatoms. The van der Waals surface area contributed by atoms with Gasteiger partial charge in [-0.15, -0.1) is 6.58 Å². The van der Waals surface area contributed by atoms with Gasteiger partial charge < -0.3 is 14.6 Å². The van der Waals surface area contributed by atoms with Crippen LogP contribution < -0.4 is 9.47 Å². The normalized spacial score (nSPS) is 10.7.